The van der Waals surface area contributed by atoms with Gasteiger partial charge in [0.2, 0.25) is 0 Å². The normalized spacial score (nSPS) is 19.0. The van der Waals surface area contributed by atoms with Crippen LogP contribution in [-0.2, 0) is 0 Å². The lowest BCUT2D eigenvalue weighted by Gasteiger charge is -2.03. The second-order valence-electron chi connectivity index (χ2n) is 1.79. The highest BCUT2D eigenvalue weighted by molar-refractivity contribution is 8.18. The first-order valence-electron chi connectivity index (χ1n) is 2.53. The first kappa shape index (κ1) is 8.32. The van der Waals surface area contributed by atoms with E-state index >= 15 is 0 Å². The fourth-order valence-corrected chi connectivity index (χ4v) is 1.20. The minimum atomic E-state index is -4.48. The summed E-state index contributed by atoms with van der Waals surface area (Å²) in [5.74, 6) is 0. The van der Waals surface area contributed by atoms with E-state index in [1.54, 1.807) is 0 Å². The molecule has 0 aromatic heterocycles. The minimum Gasteiger partial charge on any atom is -0.277 e. The van der Waals surface area contributed by atoms with Crippen LogP contribution in [0.3, 0.4) is 0 Å². The van der Waals surface area contributed by atoms with Crippen LogP contribution >= 0.6 is 11.8 Å². The zero-order chi connectivity index (χ0) is 8.65. The molecule has 0 radical (unpaired) electrons. The summed E-state index contributed by atoms with van der Waals surface area (Å²) in [6.07, 6.45) is -4.48. The Balaban J connectivity index is 2.97. The summed E-state index contributed by atoms with van der Waals surface area (Å²) in [6, 6.07) is 0. The summed E-state index contributed by atoms with van der Waals surface area (Å²) >= 11 is 0.621. The van der Waals surface area contributed by atoms with Gasteiger partial charge in [-0.3, -0.25) is 5.41 Å². The number of allylic oxidation sites excluding steroid dienone is 1. The molecule has 0 saturated carbocycles. The van der Waals surface area contributed by atoms with Gasteiger partial charge in [0, 0.05) is 4.91 Å². The Morgan fingerprint density at radius 3 is 2.18 bits per heavy atom. The Bertz CT molecular complexity index is 253. The molecule has 6 heteroatoms. The Hall–Kier alpha value is -0.780. The molecule has 1 rings (SSSR count). The SMILES string of the molecule is C=C1SC(=N)N=C1C(F)(F)F. The lowest BCUT2D eigenvalue weighted by atomic mass is 10.3. The number of nitrogens with zero attached hydrogens (tertiary/aromatic N) is 1. The van der Waals surface area contributed by atoms with Gasteiger partial charge in [0.1, 0.15) is 0 Å². The molecule has 0 saturated heterocycles. The molecular formula is C5H3F3N2S. The number of alkyl halides is 3. The van der Waals surface area contributed by atoms with Gasteiger partial charge in [0.05, 0.1) is 0 Å². The number of aliphatic imine (C=N–C) groups is 1. The summed E-state index contributed by atoms with van der Waals surface area (Å²) in [4.78, 5) is 2.77. The van der Waals surface area contributed by atoms with E-state index in [1.165, 1.54) is 0 Å². The maximum atomic E-state index is 11.9. The summed E-state index contributed by atoms with van der Waals surface area (Å²) in [6.45, 7) is 3.12. The number of hydrogen-bond donors (Lipinski definition) is 1. The molecule has 0 amide bonds. The minimum absolute atomic E-state index is 0.206. The number of thioether (sulfide) groups is 1. The van der Waals surface area contributed by atoms with Crippen molar-refractivity contribution in [1.82, 2.24) is 0 Å². The van der Waals surface area contributed by atoms with E-state index in [9.17, 15) is 13.2 Å². The lowest BCUT2D eigenvalue weighted by molar-refractivity contribution is -0.0576. The van der Waals surface area contributed by atoms with E-state index in [-0.39, 0.29) is 10.1 Å². The van der Waals surface area contributed by atoms with E-state index in [0.717, 1.165) is 0 Å². The van der Waals surface area contributed by atoms with E-state index in [2.05, 4.69) is 11.6 Å². The molecule has 0 aliphatic carbocycles. The van der Waals surface area contributed by atoms with Gasteiger partial charge in [-0.25, -0.2) is 4.99 Å². The second-order valence-corrected chi connectivity index (χ2v) is 2.87. The molecule has 0 fully saturated rings. The van der Waals surface area contributed by atoms with E-state index in [4.69, 9.17) is 5.41 Å². The van der Waals surface area contributed by atoms with Crippen LogP contribution in [0.15, 0.2) is 16.5 Å². The van der Waals surface area contributed by atoms with Crippen LogP contribution in [-0.4, -0.2) is 17.1 Å². The molecule has 0 bridgehead atoms. The average molecular weight is 180 g/mol. The molecule has 0 aromatic rings. The average Bonchev–Trinajstić information content (AvgIpc) is 2.08. The van der Waals surface area contributed by atoms with Crippen LogP contribution in [0.2, 0.25) is 0 Å². The Morgan fingerprint density at radius 1 is 1.45 bits per heavy atom. The second kappa shape index (κ2) is 2.37. The Labute approximate surface area is 64.7 Å². The molecule has 0 spiro atoms. The van der Waals surface area contributed by atoms with E-state index in [0.29, 0.717) is 11.8 Å². The molecule has 0 atom stereocenters. The molecule has 0 unspecified atom stereocenters. The molecule has 60 valence electrons. The van der Waals surface area contributed by atoms with Gasteiger partial charge in [-0.15, -0.1) is 0 Å². The number of hydrogen-bond acceptors (Lipinski definition) is 2. The number of rotatable bonds is 0. The van der Waals surface area contributed by atoms with Gasteiger partial charge in [-0.05, 0) is 11.8 Å². The predicted octanol–water partition coefficient (Wildman–Crippen LogP) is 2.18. The van der Waals surface area contributed by atoms with Crippen molar-refractivity contribution in [3.63, 3.8) is 0 Å². The van der Waals surface area contributed by atoms with E-state index in [1.807, 2.05) is 0 Å². The molecule has 0 aromatic carbocycles. The van der Waals surface area contributed by atoms with Gasteiger partial charge in [0.15, 0.2) is 10.9 Å². The number of amidine groups is 1. The molecule has 1 heterocycles. The van der Waals surface area contributed by atoms with Crippen LogP contribution in [0.1, 0.15) is 0 Å². The molecule has 1 aliphatic rings. The predicted molar refractivity (Wildman–Crippen MR) is 37.9 cm³/mol. The highest BCUT2D eigenvalue weighted by Gasteiger charge is 2.41. The van der Waals surface area contributed by atoms with Gasteiger partial charge in [-0.1, -0.05) is 6.58 Å². The highest BCUT2D eigenvalue weighted by atomic mass is 32.2. The zero-order valence-corrected chi connectivity index (χ0v) is 6.01. The smallest absolute Gasteiger partial charge is 0.277 e. The molecule has 1 aliphatic heterocycles. The monoisotopic (exact) mass is 180 g/mol. The van der Waals surface area contributed by atoms with Crippen molar-refractivity contribution in [2.75, 3.05) is 0 Å². The van der Waals surface area contributed by atoms with Crippen molar-refractivity contribution >= 4 is 22.6 Å². The van der Waals surface area contributed by atoms with Crippen molar-refractivity contribution in [2.45, 2.75) is 6.18 Å². The van der Waals surface area contributed by atoms with Crippen LogP contribution < -0.4 is 0 Å². The zero-order valence-electron chi connectivity index (χ0n) is 5.20. The van der Waals surface area contributed by atoms with Gasteiger partial charge < -0.3 is 0 Å². The van der Waals surface area contributed by atoms with Crippen LogP contribution in [0.4, 0.5) is 13.2 Å². The summed E-state index contributed by atoms with van der Waals surface area (Å²) in [5.41, 5.74) is -1.05. The Kier molecular flexibility index (Phi) is 1.79. The first-order chi connectivity index (χ1) is 4.91. The molecular weight excluding hydrogens is 177 g/mol. The van der Waals surface area contributed by atoms with E-state index < -0.39 is 11.9 Å². The van der Waals surface area contributed by atoms with Gasteiger partial charge >= 0.3 is 6.18 Å². The maximum Gasteiger partial charge on any atom is 0.434 e. The molecule has 11 heavy (non-hydrogen) atoms. The van der Waals surface area contributed by atoms with Crippen molar-refractivity contribution in [2.24, 2.45) is 4.99 Å². The third-order valence-electron chi connectivity index (χ3n) is 0.966. The van der Waals surface area contributed by atoms with Crippen LogP contribution in [0.5, 0.6) is 0 Å². The molecule has 1 N–H and O–H groups in total. The van der Waals surface area contributed by atoms with Crippen molar-refractivity contribution in [3.8, 4) is 0 Å². The number of halogens is 3. The fourth-order valence-electron chi connectivity index (χ4n) is 0.573. The summed E-state index contributed by atoms with van der Waals surface area (Å²) in [7, 11) is 0. The quantitative estimate of drug-likeness (QED) is 0.609. The summed E-state index contributed by atoms with van der Waals surface area (Å²) in [5, 5.41) is 6.45. The number of nitrogens with one attached hydrogen (secondary N) is 1. The summed E-state index contributed by atoms with van der Waals surface area (Å²) < 4.78 is 35.6. The van der Waals surface area contributed by atoms with Crippen molar-refractivity contribution in [3.05, 3.63) is 11.5 Å². The van der Waals surface area contributed by atoms with Crippen molar-refractivity contribution in [1.29, 1.82) is 5.41 Å². The third-order valence-corrected chi connectivity index (χ3v) is 1.69. The van der Waals surface area contributed by atoms with Crippen LogP contribution in [0, 0.1) is 5.41 Å². The first-order valence-corrected chi connectivity index (χ1v) is 3.34. The van der Waals surface area contributed by atoms with Gasteiger partial charge in [-0.2, -0.15) is 13.2 Å². The highest BCUT2D eigenvalue weighted by Crippen LogP contribution is 2.33. The van der Waals surface area contributed by atoms with Crippen molar-refractivity contribution < 1.29 is 13.2 Å². The van der Waals surface area contributed by atoms with Crippen LogP contribution in [0.25, 0.3) is 0 Å². The molecule has 2 nitrogen and oxygen atoms in total. The maximum absolute atomic E-state index is 11.9. The Morgan fingerprint density at radius 2 is 2.00 bits per heavy atom. The third kappa shape index (κ3) is 1.62. The standard InChI is InChI=1S/C5H3F3N2S/c1-2-3(5(6,7)8)10-4(9)11-2/h9H,1H2. The lowest BCUT2D eigenvalue weighted by Crippen LogP contribution is -2.21. The van der Waals surface area contributed by atoms with Gasteiger partial charge in [0.25, 0.3) is 0 Å². The fraction of sp³-hybridized carbons (Fsp3) is 0.200. The largest absolute Gasteiger partial charge is 0.434 e. The topological polar surface area (TPSA) is 36.2 Å².